The van der Waals surface area contributed by atoms with Gasteiger partial charge in [0.1, 0.15) is 11.0 Å². The second-order valence-corrected chi connectivity index (χ2v) is 5.44. The van der Waals surface area contributed by atoms with Crippen molar-refractivity contribution in [2.24, 2.45) is 0 Å². The third kappa shape index (κ3) is 2.53. The smallest absolute Gasteiger partial charge is 0.225 e. The fourth-order valence-corrected chi connectivity index (χ4v) is 2.90. The average molecular weight is 294 g/mol. The minimum absolute atomic E-state index is 0.208. The van der Waals surface area contributed by atoms with E-state index in [2.05, 4.69) is 46.1 Å². The molecule has 3 rings (SSSR count). The van der Waals surface area contributed by atoms with Crippen molar-refractivity contribution < 1.29 is 0 Å². The fraction of sp³-hybridized carbons (Fsp3) is 0.286. The number of halogens is 2. The summed E-state index contributed by atoms with van der Waals surface area (Å²) in [6, 6.07) is 8.47. The van der Waals surface area contributed by atoms with Crippen LogP contribution in [0.15, 0.2) is 24.3 Å². The first-order chi connectivity index (χ1) is 9.13. The number of aromatic nitrogens is 2. The number of hydrogen-bond donors (Lipinski definition) is 0. The highest BCUT2D eigenvalue weighted by molar-refractivity contribution is 6.32. The summed E-state index contributed by atoms with van der Waals surface area (Å²) in [6.07, 6.45) is 0.872. The lowest BCUT2D eigenvalue weighted by atomic mass is 10.1. The maximum absolute atomic E-state index is 6.11. The zero-order chi connectivity index (χ0) is 13.4. The Hall–Kier alpha value is -1.32. The molecule has 0 atom stereocenters. The van der Waals surface area contributed by atoms with E-state index in [1.54, 1.807) is 0 Å². The molecule has 1 aromatic carbocycles. The monoisotopic (exact) mass is 293 g/mol. The molecule has 5 heteroatoms. The van der Waals surface area contributed by atoms with E-state index in [1.807, 2.05) is 0 Å². The Morgan fingerprint density at radius 1 is 1.26 bits per heavy atom. The van der Waals surface area contributed by atoms with Crippen LogP contribution in [-0.4, -0.2) is 16.5 Å². The van der Waals surface area contributed by atoms with Gasteiger partial charge in [-0.15, -0.1) is 0 Å². The standard InChI is InChI=1S/C14H13Cl2N3/c1-9-3-2-4-10(7-9)8-19-6-5-11-12(15)17-14(16)18-13(11)19/h2-4,7H,5-6,8H2,1H3. The second-order valence-electron chi connectivity index (χ2n) is 4.75. The van der Waals surface area contributed by atoms with E-state index in [1.165, 1.54) is 11.1 Å². The summed E-state index contributed by atoms with van der Waals surface area (Å²) >= 11 is 12.0. The summed E-state index contributed by atoms with van der Waals surface area (Å²) in [7, 11) is 0. The quantitative estimate of drug-likeness (QED) is 0.625. The van der Waals surface area contributed by atoms with E-state index in [0.29, 0.717) is 5.15 Å². The molecular formula is C14H13Cl2N3. The van der Waals surface area contributed by atoms with Crippen LogP contribution in [0.25, 0.3) is 0 Å². The minimum Gasteiger partial charge on any atom is -0.352 e. The van der Waals surface area contributed by atoms with Crippen molar-refractivity contribution in [3.05, 3.63) is 51.4 Å². The maximum atomic E-state index is 6.11. The molecule has 98 valence electrons. The van der Waals surface area contributed by atoms with Crippen LogP contribution in [0.2, 0.25) is 10.4 Å². The first-order valence-electron chi connectivity index (χ1n) is 6.16. The Labute approximate surface area is 122 Å². The number of nitrogens with zero attached hydrogens (tertiary/aromatic N) is 3. The van der Waals surface area contributed by atoms with E-state index < -0.39 is 0 Å². The van der Waals surface area contributed by atoms with Gasteiger partial charge in [0.2, 0.25) is 5.28 Å². The van der Waals surface area contributed by atoms with Crippen LogP contribution >= 0.6 is 23.2 Å². The molecule has 0 N–H and O–H groups in total. The van der Waals surface area contributed by atoms with Gasteiger partial charge in [-0.05, 0) is 30.5 Å². The third-order valence-electron chi connectivity index (χ3n) is 3.29. The SMILES string of the molecule is Cc1cccc(CN2CCc3c(Cl)nc(Cl)nc32)c1. The molecule has 0 aliphatic carbocycles. The molecule has 0 fully saturated rings. The first kappa shape index (κ1) is 12.7. The molecule has 2 heterocycles. The molecule has 2 aromatic rings. The summed E-state index contributed by atoms with van der Waals surface area (Å²) in [5, 5.41) is 0.682. The number of benzene rings is 1. The summed E-state index contributed by atoms with van der Waals surface area (Å²) in [5.41, 5.74) is 3.52. The van der Waals surface area contributed by atoms with E-state index in [4.69, 9.17) is 23.2 Å². The molecule has 0 saturated heterocycles. The average Bonchev–Trinajstić information content (AvgIpc) is 2.73. The van der Waals surface area contributed by atoms with Gasteiger partial charge < -0.3 is 4.90 Å². The zero-order valence-corrected chi connectivity index (χ0v) is 12.0. The Balaban J connectivity index is 1.90. The van der Waals surface area contributed by atoms with Gasteiger partial charge in [0.25, 0.3) is 0 Å². The van der Waals surface area contributed by atoms with Crippen LogP contribution in [0.5, 0.6) is 0 Å². The van der Waals surface area contributed by atoms with Crippen LogP contribution in [0.4, 0.5) is 5.82 Å². The first-order valence-corrected chi connectivity index (χ1v) is 6.91. The Morgan fingerprint density at radius 3 is 2.89 bits per heavy atom. The summed E-state index contributed by atoms with van der Waals surface area (Å²) < 4.78 is 0. The molecule has 0 saturated carbocycles. The van der Waals surface area contributed by atoms with Gasteiger partial charge in [-0.3, -0.25) is 0 Å². The van der Waals surface area contributed by atoms with Gasteiger partial charge in [-0.1, -0.05) is 41.4 Å². The van der Waals surface area contributed by atoms with Gasteiger partial charge in [-0.2, -0.15) is 0 Å². The minimum atomic E-state index is 0.208. The highest BCUT2D eigenvalue weighted by atomic mass is 35.5. The van der Waals surface area contributed by atoms with Crippen molar-refractivity contribution in [1.29, 1.82) is 0 Å². The molecule has 19 heavy (non-hydrogen) atoms. The molecule has 1 aliphatic rings. The van der Waals surface area contributed by atoms with Crippen molar-refractivity contribution in [3.8, 4) is 0 Å². The maximum Gasteiger partial charge on any atom is 0.225 e. The molecule has 0 amide bonds. The molecule has 0 unspecified atom stereocenters. The van der Waals surface area contributed by atoms with Gasteiger partial charge in [0.15, 0.2) is 0 Å². The molecule has 3 nitrogen and oxygen atoms in total. The zero-order valence-electron chi connectivity index (χ0n) is 10.5. The summed E-state index contributed by atoms with van der Waals surface area (Å²) in [6.45, 7) is 3.81. The molecule has 1 aliphatic heterocycles. The lowest BCUT2D eigenvalue weighted by Crippen LogP contribution is -2.20. The van der Waals surface area contributed by atoms with Gasteiger partial charge in [0.05, 0.1) is 0 Å². The van der Waals surface area contributed by atoms with Crippen molar-refractivity contribution in [3.63, 3.8) is 0 Å². The topological polar surface area (TPSA) is 29.0 Å². The molecule has 1 aromatic heterocycles. The van der Waals surface area contributed by atoms with E-state index >= 15 is 0 Å². The predicted octanol–water partition coefficient (Wildman–Crippen LogP) is 3.65. The number of rotatable bonds is 2. The Morgan fingerprint density at radius 2 is 2.11 bits per heavy atom. The summed E-state index contributed by atoms with van der Waals surface area (Å²) in [5.74, 6) is 0.867. The number of fused-ring (bicyclic) bond motifs is 1. The van der Waals surface area contributed by atoms with E-state index in [9.17, 15) is 0 Å². The molecule has 0 radical (unpaired) electrons. The van der Waals surface area contributed by atoms with Gasteiger partial charge in [0, 0.05) is 18.7 Å². The highest BCUT2D eigenvalue weighted by Gasteiger charge is 2.24. The predicted molar refractivity (Wildman–Crippen MR) is 78.0 cm³/mol. The number of aryl methyl sites for hydroxylation is 1. The molecular weight excluding hydrogens is 281 g/mol. The third-order valence-corrected chi connectivity index (χ3v) is 3.78. The number of anilines is 1. The van der Waals surface area contributed by atoms with Crippen molar-refractivity contribution >= 4 is 29.0 Å². The van der Waals surface area contributed by atoms with E-state index in [-0.39, 0.29) is 5.28 Å². The van der Waals surface area contributed by atoms with Crippen molar-refractivity contribution in [2.45, 2.75) is 19.9 Å². The van der Waals surface area contributed by atoms with Crippen LogP contribution in [0, 0.1) is 6.92 Å². The van der Waals surface area contributed by atoms with Crippen molar-refractivity contribution in [1.82, 2.24) is 9.97 Å². The second kappa shape index (κ2) is 4.99. The van der Waals surface area contributed by atoms with Gasteiger partial charge in [-0.25, -0.2) is 9.97 Å². The van der Waals surface area contributed by atoms with Crippen LogP contribution in [0.1, 0.15) is 16.7 Å². The Bertz CT molecular complexity index is 628. The summed E-state index contributed by atoms with van der Waals surface area (Å²) in [4.78, 5) is 10.5. The molecule has 0 spiro atoms. The Kier molecular flexibility index (Phi) is 3.33. The lowest BCUT2D eigenvalue weighted by molar-refractivity contribution is 0.824. The van der Waals surface area contributed by atoms with Gasteiger partial charge >= 0.3 is 0 Å². The normalized spacial score (nSPS) is 13.7. The molecule has 0 bridgehead atoms. The lowest BCUT2D eigenvalue weighted by Gasteiger charge is -2.18. The van der Waals surface area contributed by atoms with Crippen LogP contribution in [0.3, 0.4) is 0 Å². The van der Waals surface area contributed by atoms with Crippen LogP contribution in [-0.2, 0) is 13.0 Å². The fourth-order valence-electron chi connectivity index (χ4n) is 2.43. The largest absolute Gasteiger partial charge is 0.352 e. The van der Waals surface area contributed by atoms with Crippen molar-refractivity contribution in [2.75, 3.05) is 11.4 Å². The van der Waals surface area contributed by atoms with Crippen LogP contribution < -0.4 is 4.90 Å². The highest BCUT2D eigenvalue weighted by Crippen LogP contribution is 2.32. The number of hydrogen-bond acceptors (Lipinski definition) is 3. The van der Waals surface area contributed by atoms with E-state index in [0.717, 1.165) is 30.9 Å².